The van der Waals surface area contributed by atoms with Crippen LogP contribution in [0.1, 0.15) is 0 Å². The number of hydrogen-bond donors (Lipinski definition) is 1. The van der Waals surface area contributed by atoms with Crippen molar-refractivity contribution < 1.29 is 0 Å². The highest BCUT2D eigenvalue weighted by atomic mass is 32.1. The topological polar surface area (TPSA) is 54.5 Å². The third-order valence-corrected chi connectivity index (χ3v) is 2.50. The van der Waals surface area contributed by atoms with Gasteiger partial charge in [0.1, 0.15) is 5.69 Å². The molecule has 0 unspecified atom stereocenters. The van der Waals surface area contributed by atoms with Gasteiger partial charge in [0, 0.05) is 5.38 Å². The average Bonchev–Trinajstić information content (AvgIpc) is 2.86. The van der Waals surface area contributed by atoms with E-state index in [1.807, 2.05) is 29.6 Å². The zero-order valence-corrected chi connectivity index (χ0v) is 7.95. The van der Waals surface area contributed by atoms with Crippen molar-refractivity contribution in [1.29, 1.82) is 0 Å². The molecule has 3 rings (SSSR count). The van der Waals surface area contributed by atoms with Crippen LogP contribution in [0.3, 0.4) is 0 Å². The summed E-state index contributed by atoms with van der Waals surface area (Å²) in [6.45, 7) is 0. The van der Waals surface area contributed by atoms with E-state index in [1.165, 1.54) is 11.5 Å². The van der Waals surface area contributed by atoms with Crippen LogP contribution >= 0.6 is 11.5 Å². The fourth-order valence-corrected chi connectivity index (χ4v) is 1.78. The Morgan fingerprint density at radius 3 is 2.93 bits per heavy atom. The fourth-order valence-electron chi connectivity index (χ4n) is 1.34. The second-order valence-corrected chi connectivity index (χ2v) is 3.50. The van der Waals surface area contributed by atoms with E-state index >= 15 is 0 Å². The summed E-state index contributed by atoms with van der Waals surface area (Å²) < 4.78 is 3.80. The molecular weight excluding hydrogens is 196 g/mol. The summed E-state index contributed by atoms with van der Waals surface area (Å²) >= 11 is 1.32. The van der Waals surface area contributed by atoms with E-state index in [-0.39, 0.29) is 0 Å². The minimum atomic E-state index is 0.778. The first-order valence-electron chi connectivity index (χ1n) is 4.16. The number of aromatic nitrogens is 4. The van der Waals surface area contributed by atoms with Crippen molar-refractivity contribution in [3.63, 3.8) is 0 Å². The second-order valence-electron chi connectivity index (χ2n) is 2.89. The number of benzene rings is 1. The van der Waals surface area contributed by atoms with Crippen LogP contribution in [0.2, 0.25) is 0 Å². The summed E-state index contributed by atoms with van der Waals surface area (Å²) in [6, 6.07) is 7.90. The van der Waals surface area contributed by atoms with Gasteiger partial charge in [-0.05, 0) is 23.7 Å². The average molecular weight is 202 g/mol. The third kappa shape index (κ3) is 1.10. The predicted octanol–water partition coefficient (Wildman–Crippen LogP) is 2.08. The van der Waals surface area contributed by atoms with Crippen molar-refractivity contribution in [3.05, 3.63) is 29.6 Å². The number of rotatable bonds is 1. The number of hydrogen-bond acceptors (Lipinski definition) is 4. The Bertz CT molecular complexity index is 522. The highest BCUT2D eigenvalue weighted by molar-refractivity contribution is 7.03. The second kappa shape index (κ2) is 2.88. The Morgan fingerprint density at radius 1 is 1.21 bits per heavy atom. The van der Waals surface area contributed by atoms with E-state index in [9.17, 15) is 0 Å². The van der Waals surface area contributed by atoms with E-state index in [2.05, 4.69) is 19.6 Å². The van der Waals surface area contributed by atoms with Crippen molar-refractivity contribution >= 4 is 22.6 Å². The van der Waals surface area contributed by atoms with Gasteiger partial charge >= 0.3 is 0 Å². The smallest absolute Gasteiger partial charge is 0.160 e. The Labute approximate surface area is 83.8 Å². The zero-order valence-electron chi connectivity index (χ0n) is 7.14. The monoisotopic (exact) mass is 202 g/mol. The van der Waals surface area contributed by atoms with Crippen LogP contribution in [0.25, 0.3) is 22.6 Å². The molecule has 1 N–H and O–H groups in total. The fraction of sp³-hybridized carbons (Fsp3) is 0. The molecule has 4 nitrogen and oxygen atoms in total. The van der Waals surface area contributed by atoms with Gasteiger partial charge in [0.2, 0.25) is 0 Å². The van der Waals surface area contributed by atoms with Gasteiger partial charge in [-0.3, -0.25) is 0 Å². The summed E-state index contributed by atoms with van der Waals surface area (Å²) in [4.78, 5) is 7.59. The van der Waals surface area contributed by atoms with Crippen molar-refractivity contribution in [1.82, 2.24) is 19.6 Å². The van der Waals surface area contributed by atoms with Crippen molar-refractivity contribution in [3.8, 4) is 11.5 Å². The Hall–Kier alpha value is -1.75. The highest BCUT2D eigenvalue weighted by Gasteiger charge is 2.06. The van der Waals surface area contributed by atoms with Crippen molar-refractivity contribution in [2.24, 2.45) is 0 Å². The van der Waals surface area contributed by atoms with Crippen LogP contribution in [0, 0.1) is 0 Å². The van der Waals surface area contributed by atoms with Gasteiger partial charge in [-0.1, -0.05) is 16.6 Å². The first-order chi connectivity index (χ1) is 6.93. The molecule has 14 heavy (non-hydrogen) atoms. The molecule has 0 atom stereocenters. The normalized spacial score (nSPS) is 10.9. The molecule has 0 amide bonds. The minimum Gasteiger partial charge on any atom is -0.337 e. The molecule has 1 aromatic carbocycles. The molecule has 0 aliphatic rings. The number of H-pyrrole nitrogens is 1. The van der Waals surface area contributed by atoms with E-state index < -0.39 is 0 Å². The van der Waals surface area contributed by atoms with E-state index in [0.717, 1.165) is 22.6 Å². The predicted molar refractivity (Wildman–Crippen MR) is 55.0 cm³/mol. The van der Waals surface area contributed by atoms with Crippen LogP contribution in [0.5, 0.6) is 0 Å². The van der Waals surface area contributed by atoms with Crippen LogP contribution in [0.15, 0.2) is 29.6 Å². The van der Waals surface area contributed by atoms with Crippen molar-refractivity contribution in [2.45, 2.75) is 0 Å². The Morgan fingerprint density at radius 2 is 2.14 bits per heavy atom. The molecule has 68 valence electrons. The lowest BCUT2D eigenvalue weighted by molar-refractivity contribution is 1.13. The number of imidazole rings is 1. The molecule has 0 spiro atoms. The molecule has 0 aliphatic carbocycles. The molecular formula is C9H6N4S. The number of nitrogens with one attached hydrogen (secondary N) is 1. The Balaban J connectivity index is 2.24. The van der Waals surface area contributed by atoms with Gasteiger partial charge in [-0.25, -0.2) is 4.98 Å². The lowest BCUT2D eigenvalue weighted by atomic mass is 10.3. The van der Waals surface area contributed by atoms with Gasteiger partial charge in [-0.15, -0.1) is 5.10 Å². The van der Waals surface area contributed by atoms with Crippen LogP contribution in [0.4, 0.5) is 0 Å². The number of aromatic amines is 1. The number of fused-ring (bicyclic) bond motifs is 1. The van der Waals surface area contributed by atoms with Gasteiger partial charge in [0.25, 0.3) is 0 Å². The summed E-state index contributed by atoms with van der Waals surface area (Å²) in [5, 5.41) is 5.83. The highest BCUT2D eigenvalue weighted by Crippen LogP contribution is 2.18. The molecule has 0 saturated carbocycles. The lowest BCUT2D eigenvalue weighted by Gasteiger charge is -1.83. The van der Waals surface area contributed by atoms with Crippen LogP contribution in [-0.2, 0) is 0 Å². The minimum absolute atomic E-state index is 0.778. The van der Waals surface area contributed by atoms with Gasteiger partial charge in [-0.2, -0.15) is 0 Å². The molecule has 2 heterocycles. The molecule has 3 aromatic rings. The number of nitrogens with zero attached hydrogens (tertiary/aromatic N) is 3. The van der Waals surface area contributed by atoms with E-state index in [1.54, 1.807) is 0 Å². The summed E-state index contributed by atoms with van der Waals surface area (Å²) in [6.07, 6.45) is 0. The molecule has 0 saturated heterocycles. The van der Waals surface area contributed by atoms with E-state index in [0.29, 0.717) is 0 Å². The first-order valence-corrected chi connectivity index (χ1v) is 4.99. The standard InChI is InChI=1S/C9H6N4S/c1-2-4-7-6(3-1)10-9(11-7)8-5-14-13-12-8/h1-5H,(H,10,11). The van der Waals surface area contributed by atoms with Crippen molar-refractivity contribution in [2.75, 3.05) is 0 Å². The summed E-state index contributed by atoms with van der Waals surface area (Å²) in [7, 11) is 0. The Kier molecular flexibility index (Phi) is 1.57. The van der Waals surface area contributed by atoms with Gasteiger partial charge < -0.3 is 4.98 Å². The molecule has 2 aromatic heterocycles. The zero-order chi connectivity index (χ0) is 9.38. The van der Waals surface area contributed by atoms with Crippen LogP contribution in [-0.4, -0.2) is 19.6 Å². The van der Waals surface area contributed by atoms with E-state index in [4.69, 9.17) is 0 Å². The largest absolute Gasteiger partial charge is 0.337 e. The number of para-hydroxylation sites is 2. The molecule has 0 fully saturated rings. The van der Waals surface area contributed by atoms with Gasteiger partial charge in [0.05, 0.1) is 11.0 Å². The lowest BCUT2D eigenvalue weighted by Crippen LogP contribution is -1.79. The summed E-state index contributed by atoms with van der Waals surface area (Å²) in [5.41, 5.74) is 2.78. The van der Waals surface area contributed by atoms with Crippen LogP contribution < -0.4 is 0 Å². The SMILES string of the molecule is c1ccc2[nH]c(-c3csnn3)nc2c1. The molecule has 5 heteroatoms. The van der Waals surface area contributed by atoms with Gasteiger partial charge in [0.15, 0.2) is 5.82 Å². The first kappa shape index (κ1) is 7.64. The summed E-state index contributed by atoms with van der Waals surface area (Å²) in [5.74, 6) is 0.778. The maximum Gasteiger partial charge on any atom is 0.160 e. The molecule has 0 bridgehead atoms. The maximum absolute atomic E-state index is 4.40. The maximum atomic E-state index is 4.40. The third-order valence-electron chi connectivity index (χ3n) is 1.99. The quantitative estimate of drug-likeness (QED) is 0.657. The molecule has 0 radical (unpaired) electrons. The molecule has 0 aliphatic heterocycles.